The van der Waals surface area contributed by atoms with Crippen LogP contribution in [0.15, 0.2) is 78.9 Å². The molecule has 0 N–H and O–H groups in total. The van der Waals surface area contributed by atoms with Gasteiger partial charge in [-0.1, -0.05) is 78.7 Å². The van der Waals surface area contributed by atoms with Crippen LogP contribution in [0.5, 0.6) is 5.75 Å². The summed E-state index contributed by atoms with van der Waals surface area (Å²) in [6, 6.07) is 22.1. The molecule has 0 atom stereocenters. The van der Waals surface area contributed by atoms with E-state index in [0.717, 1.165) is 33.6 Å². The highest BCUT2D eigenvalue weighted by Crippen LogP contribution is 2.37. The van der Waals surface area contributed by atoms with Gasteiger partial charge >= 0.3 is 0 Å². The van der Waals surface area contributed by atoms with Crippen molar-refractivity contribution in [3.8, 4) is 5.75 Å². The first kappa shape index (κ1) is 22.1. The Kier molecular flexibility index (Phi) is 7.73. The molecule has 1 nitrogen and oxygen atoms in total. The van der Waals surface area contributed by atoms with Gasteiger partial charge in [-0.2, -0.15) is 0 Å². The second-order valence-electron chi connectivity index (χ2n) is 6.69. The summed E-state index contributed by atoms with van der Waals surface area (Å²) in [6.07, 6.45) is 2.65. The highest BCUT2D eigenvalue weighted by molar-refractivity contribution is 6.49. The topological polar surface area (TPSA) is 9.23 Å². The second kappa shape index (κ2) is 10.5. The summed E-state index contributed by atoms with van der Waals surface area (Å²) < 4.78 is 19.2. The lowest BCUT2D eigenvalue weighted by atomic mass is 9.92. The number of rotatable bonds is 7. The van der Waals surface area contributed by atoms with Gasteiger partial charge in [0.2, 0.25) is 0 Å². The standard InChI is InChI=1S/C26H23Cl2FO/c1-3-22(23-15-12-20(29)16-26(23)28)24(17-25(27)19-8-6-5-7-9-19)18-10-13-21(14-11-18)30-4-2/h5-17H,3-4H2,1-2H3/b24-22-,25-17-. The summed E-state index contributed by atoms with van der Waals surface area (Å²) in [4.78, 5) is 0. The maximum Gasteiger partial charge on any atom is 0.124 e. The van der Waals surface area contributed by atoms with Crippen molar-refractivity contribution in [1.82, 2.24) is 0 Å². The molecule has 154 valence electrons. The van der Waals surface area contributed by atoms with Gasteiger partial charge in [-0.05, 0) is 71.5 Å². The molecule has 3 aromatic carbocycles. The van der Waals surface area contributed by atoms with Crippen LogP contribution in [0.4, 0.5) is 4.39 Å². The molecule has 0 unspecified atom stereocenters. The molecule has 0 aromatic heterocycles. The van der Waals surface area contributed by atoms with Crippen molar-refractivity contribution < 1.29 is 9.13 Å². The first-order valence-electron chi connectivity index (χ1n) is 9.87. The van der Waals surface area contributed by atoms with E-state index in [1.165, 1.54) is 12.1 Å². The average molecular weight is 441 g/mol. The van der Waals surface area contributed by atoms with Crippen LogP contribution in [0.1, 0.15) is 37.0 Å². The van der Waals surface area contributed by atoms with Crippen molar-refractivity contribution >= 4 is 39.4 Å². The fraction of sp³-hybridized carbons (Fsp3) is 0.154. The van der Waals surface area contributed by atoms with E-state index in [0.29, 0.717) is 23.1 Å². The van der Waals surface area contributed by atoms with Crippen molar-refractivity contribution in [2.24, 2.45) is 0 Å². The second-order valence-corrected chi connectivity index (χ2v) is 7.50. The van der Waals surface area contributed by atoms with Crippen LogP contribution in [-0.4, -0.2) is 6.61 Å². The summed E-state index contributed by atoms with van der Waals surface area (Å²) in [5.41, 5.74) is 4.60. The van der Waals surface area contributed by atoms with Crippen LogP contribution in [0, 0.1) is 5.82 Å². The van der Waals surface area contributed by atoms with Crippen molar-refractivity contribution in [2.45, 2.75) is 20.3 Å². The molecule has 0 bridgehead atoms. The molecule has 0 aliphatic rings. The zero-order valence-corrected chi connectivity index (χ0v) is 18.5. The van der Waals surface area contributed by atoms with E-state index in [-0.39, 0.29) is 5.82 Å². The van der Waals surface area contributed by atoms with Crippen LogP contribution in [0.25, 0.3) is 16.2 Å². The van der Waals surface area contributed by atoms with Crippen LogP contribution >= 0.6 is 23.2 Å². The van der Waals surface area contributed by atoms with Crippen LogP contribution in [-0.2, 0) is 0 Å². The molecule has 0 amide bonds. The zero-order valence-electron chi connectivity index (χ0n) is 17.0. The minimum absolute atomic E-state index is 0.361. The smallest absolute Gasteiger partial charge is 0.124 e. The number of benzene rings is 3. The van der Waals surface area contributed by atoms with E-state index >= 15 is 0 Å². The molecule has 0 saturated heterocycles. The van der Waals surface area contributed by atoms with E-state index in [2.05, 4.69) is 0 Å². The lowest BCUT2D eigenvalue weighted by Crippen LogP contribution is -1.95. The van der Waals surface area contributed by atoms with Gasteiger partial charge in [0.15, 0.2) is 0 Å². The largest absolute Gasteiger partial charge is 0.494 e. The van der Waals surface area contributed by atoms with Crippen molar-refractivity contribution in [3.63, 3.8) is 0 Å². The molecule has 3 rings (SSSR count). The molecule has 0 radical (unpaired) electrons. The monoisotopic (exact) mass is 440 g/mol. The number of hydrogen-bond donors (Lipinski definition) is 0. The molecule has 30 heavy (non-hydrogen) atoms. The minimum atomic E-state index is -0.361. The molecule has 0 heterocycles. The van der Waals surface area contributed by atoms with Crippen molar-refractivity contribution in [3.05, 3.63) is 106 Å². The molecule has 0 aliphatic heterocycles. The van der Waals surface area contributed by atoms with E-state index in [1.807, 2.05) is 74.5 Å². The fourth-order valence-electron chi connectivity index (χ4n) is 3.31. The Hall–Kier alpha value is -2.55. The van der Waals surface area contributed by atoms with Gasteiger partial charge in [-0.15, -0.1) is 0 Å². The van der Waals surface area contributed by atoms with Gasteiger partial charge in [0, 0.05) is 5.03 Å². The maximum absolute atomic E-state index is 13.6. The number of halogens is 3. The predicted molar refractivity (Wildman–Crippen MR) is 126 cm³/mol. The van der Waals surface area contributed by atoms with Crippen LogP contribution < -0.4 is 4.74 Å². The summed E-state index contributed by atoms with van der Waals surface area (Å²) in [5.74, 6) is 0.441. The Labute approximate surface area is 187 Å². The first-order valence-corrected chi connectivity index (χ1v) is 10.6. The Morgan fingerprint density at radius 1 is 0.933 bits per heavy atom. The normalized spacial score (nSPS) is 12.5. The Balaban J connectivity index is 2.20. The fourth-order valence-corrected chi connectivity index (χ4v) is 3.83. The third-order valence-corrected chi connectivity index (χ3v) is 5.37. The summed E-state index contributed by atoms with van der Waals surface area (Å²) >= 11 is 13.1. The van der Waals surface area contributed by atoms with Crippen LogP contribution in [0.2, 0.25) is 5.02 Å². The Morgan fingerprint density at radius 2 is 1.63 bits per heavy atom. The van der Waals surface area contributed by atoms with Gasteiger partial charge < -0.3 is 4.74 Å². The molecular formula is C26H23Cl2FO. The lowest BCUT2D eigenvalue weighted by Gasteiger charge is -2.15. The van der Waals surface area contributed by atoms with Gasteiger partial charge in [0.1, 0.15) is 11.6 Å². The number of hydrogen-bond acceptors (Lipinski definition) is 1. The van der Waals surface area contributed by atoms with Gasteiger partial charge in [0.25, 0.3) is 0 Å². The van der Waals surface area contributed by atoms with Crippen molar-refractivity contribution in [1.29, 1.82) is 0 Å². The minimum Gasteiger partial charge on any atom is -0.494 e. The molecule has 0 aliphatic carbocycles. The molecule has 0 saturated carbocycles. The third-order valence-electron chi connectivity index (χ3n) is 4.73. The van der Waals surface area contributed by atoms with Gasteiger partial charge in [-0.3, -0.25) is 0 Å². The molecular weight excluding hydrogens is 418 g/mol. The predicted octanol–water partition coefficient (Wildman–Crippen LogP) is 8.48. The van der Waals surface area contributed by atoms with Crippen molar-refractivity contribution in [2.75, 3.05) is 6.61 Å². The van der Waals surface area contributed by atoms with Crippen LogP contribution in [0.3, 0.4) is 0 Å². The maximum atomic E-state index is 13.6. The number of ether oxygens (including phenoxy) is 1. The van der Waals surface area contributed by atoms with E-state index in [1.54, 1.807) is 6.07 Å². The summed E-state index contributed by atoms with van der Waals surface area (Å²) in [5, 5.41) is 0.989. The van der Waals surface area contributed by atoms with Gasteiger partial charge in [-0.25, -0.2) is 4.39 Å². The summed E-state index contributed by atoms with van der Waals surface area (Å²) in [7, 11) is 0. The van der Waals surface area contributed by atoms with E-state index in [9.17, 15) is 4.39 Å². The highest BCUT2D eigenvalue weighted by atomic mass is 35.5. The zero-order chi connectivity index (χ0) is 21.5. The SMILES string of the molecule is CCOc1ccc(C(/C=C(\Cl)c2ccccc2)=C(/CC)c2ccc(F)cc2Cl)cc1. The number of allylic oxidation sites excluding steroid dienone is 3. The van der Waals surface area contributed by atoms with E-state index < -0.39 is 0 Å². The Morgan fingerprint density at radius 3 is 2.23 bits per heavy atom. The average Bonchev–Trinajstić information content (AvgIpc) is 2.76. The van der Waals surface area contributed by atoms with E-state index in [4.69, 9.17) is 27.9 Å². The molecule has 3 aromatic rings. The Bertz CT molecular complexity index is 1050. The summed E-state index contributed by atoms with van der Waals surface area (Å²) in [6.45, 7) is 4.61. The third kappa shape index (κ3) is 5.33. The lowest BCUT2D eigenvalue weighted by molar-refractivity contribution is 0.340. The molecule has 4 heteroatoms. The first-order chi connectivity index (χ1) is 14.5. The quantitative estimate of drug-likeness (QED) is 0.264. The molecule has 0 fully saturated rings. The van der Waals surface area contributed by atoms with Gasteiger partial charge in [0.05, 0.1) is 11.6 Å². The molecule has 0 spiro atoms. The highest BCUT2D eigenvalue weighted by Gasteiger charge is 2.14.